The van der Waals surface area contributed by atoms with Gasteiger partial charge >= 0.3 is 19.1 Å². The zero-order chi connectivity index (χ0) is 28.1. The molecule has 2 heterocycles. The Morgan fingerprint density at radius 2 is 1.39 bits per heavy atom. The Labute approximate surface area is 234 Å². The molecule has 0 spiro atoms. The molecule has 0 bridgehead atoms. The van der Waals surface area contributed by atoms with Crippen LogP contribution in [0.25, 0.3) is 10.6 Å². The first-order valence-corrected chi connectivity index (χ1v) is 13.4. The van der Waals surface area contributed by atoms with Gasteiger partial charge in [0, 0.05) is 11.0 Å². The van der Waals surface area contributed by atoms with Crippen molar-refractivity contribution in [3.05, 3.63) is 86.2 Å². The maximum absolute atomic E-state index is 13.5. The van der Waals surface area contributed by atoms with Crippen molar-refractivity contribution in [3.8, 4) is 10.6 Å². The number of halogens is 3. The van der Waals surface area contributed by atoms with Crippen LogP contribution < -0.4 is 5.46 Å². The third kappa shape index (κ3) is 9.69. The molecule has 0 fully saturated rings. The molecule has 0 radical (unpaired) electrons. The molecule has 14 heteroatoms. The Balaban J connectivity index is 0.000000211. The van der Waals surface area contributed by atoms with Crippen LogP contribution in [0.15, 0.2) is 64.8 Å². The van der Waals surface area contributed by atoms with Crippen molar-refractivity contribution >= 4 is 63.1 Å². The second kappa shape index (κ2) is 16.0. The predicted molar refractivity (Wildman–Crippen MR) is 145 cm³/mol. The van der Waals surface area contributed by atoms with E-state index in [0.29, 0.717) is 37.5 Å². The van der Waals surface area contributed by atoms with Crippen LogP contribution in [0.4, 0.5) is 8.78 Å². The highest BCUT2D eigenvalue weighted by Gasteiger charge is 2.15. The van der Waals surface area contributed by atoms with Crippen LogP contribution in [0.2, 0.25) is 0 Å². The van der Waals surface area contributed by atoms with E-state index in [2.05, 4.69) is 25.9 Å². The van der Waals surface area contributed by atoms with Crippen LogP contribution in [-0.4, -0.2) is 52.3 Å². The molecule has 0 atom stereocenters. The van der Waals surface area contributed by atoms with E-state index in [1.165, 1.54) is 54.1 Å². The molecular formula is C24H22BBrF2N2O6S2. The van der Waals surface area contributed by atoms with Gasteiger partial charge in [-0.05, 0) is 48.0 Å². The monoisotopic (exact) mass is 626 g/mol. The molecule has 4 rings (SSSR count). The Hall–Kier alpha value is -3.04. The number of hydrogen-bond donors (Lipinski definition) is 2. The SMILES string of the molecule is CCOC(=O)c1cnc(-c2ccccc2F)s1.CCOC(=O)c1cnc(Br)s1.OB(O)c1ccccc1F. The molecule has 200 valence electrons. The number of nitrogens with zero attached hydrogens (tertiary/aromatic N) is 2. The van der Waals surface area contributed by atoms with Crippen molar-refractivity contribution in [1.82, 2.24) is 9.97 Å². The summed E-state index contributed by atoms with van der Waals surface area (Å²) in [6, 6.07) is 11.8. The van der Waals surface area contributed by atoms with E-state index in [-0.39, 0.29) is 17.2 Å². The lowest BCUT2D eigenvalue weighted by Gasteiger charge is -1.98. The highest BCUT2D eigenvalue weighted by Crippen LogP contribution is 2.27. The minimum absolute atomic E-state index is 0.0949. The summed E-state index contributed by atoms with van der Waals surface area (Å²) in [4.78, 5) is 31.2. The molecule has 8 nitrogen and oxygen atoms in total. The van der Waals surface area contributed by atoms with Crippen LogP contribution >= 0.6 is 38.6 Å². The summed E-state index contributed by atoms with van der Waals surface area (Å²) >= 11 is 5.54. The summed E-state index contributed by atoms with van der Waals surface area (Å²) in [6.45, 7) is 4.21. The quantitative estimate of drug-likeness (QED) is 0.233. The van der Waals surface area contributed by atoms with Gasteiger partial charge in [-0.1, -0.05) is 30.3 Å². The molecule has 0 unspecified atom stereocenters. The van der Waals surface area contributed by atoms with E-state index in [1.54, 1.807) is 32.0 Å². The molecule has 0 aliphatic carbocycles. The molecule has 2 aromatic heterocycles. The van der Waals surface area contributed by atoms with Crippen LogP contribution in [0.3, 0.4) is 0 Å². The van der Waals surface area contributed by atoms with E-state index >= 15 is 0 Å². The predicted octanol–water partition coefficient (Wildman–Crippen LogP) is 4.71. The van der Waals surface area contributed by atoms with E-state index in [0.717, 1.165) is 11.3 Å². The van der Waals surface area contributed by atoms with Crippen LogP contribution in [-0.2, 0) is 9.47 Å². The van der Waals surface area contributed by atoms with Gasteiger partial charge in [0.15, 0.2) is 3.92 Å². The Morgan fingerprint density at radius 3 is 1.87 bits per heavy atom. The number of aromatic nitrogens is 2. The van der Waals surface area contributed by atoms with Crippen molar-refractivity contribution in [3.63, 3.8) is 0 Å². The second-order valence-corrected chi connectivity index (χ2v) is 10.2. The Bertz CT molecular complexity index is 1340. The number of thiazole rings is 2. The number of benzene rings is 2. The van der Waals surface area contributed by atoms with Crippen LogP contribution in [0.1, 0.15) is 33.2 Å². The maximum Gasteiger partial charge on any atom is 0.491 e. The van der Waals surface area contributed by atoms with Crippen molar-refractivity contribution in [2.45, 2.75) is 13.8 Å². The second-order valence-electron chi connectivity index (χ2n) is 6.82. The lowest BCUT2D eigenvalue weighted by Crippen LogP contribution is -2.32. The Morgan fingerprint density at radius 1 is 0.868 bits per heavy atom. The van der Waals surface area contributed by atoms with Crippen molar-refractivity contribution in [2.24, 2.45) is 0 Å². The zero-order valence-electron chi connectivity index (χ0n) is 20.1. The summed E-state index contributed by atoms with van der Waals surface area (Å²) in [5.74, 6) is -1.68. The number of esters is 2. The minimum atomic E-state index is -1.72. The third-order valence-electron chi connectivity index (χ3n) is 4.22. The highest BCUT2D eigenvalue weighted by molar-refractivity contribution is 9.11. The number of carbonyl (C=O) groups excluding carboxylic acids is 2. The summed E-state index contributed by atoms with van der Waals surface area (Å²) in [5, 5.41) is 17.5. The van der Waals surface area contributed by atoms with E-state index in [4.69, 9.17) is 19.5 Å². The number of carbonyl (C=O) groups is 2. The van der Waals surface area contributed by atoms with Crippen LogP contribution in [0, 0.1) is 11.6 Å². The van der Waals surface area contributed by atoms with Crippen molar-refractivity contribution in [2.75, 3.05) is 13.2 Å². The van der Waals surface area contributed by atoms with Gasteiger partial charge in [0.1, 0.15) is 26.4 Å². The lowest BCUT2D eigenvalue weighted by atomic mass is 9.80. The summed E-state index contributed by atoms with van der Waals surface area (Å²) < 4.78 is 36.3. The molecule has 0 amide bonds. The first kappa shape index (κ1) is 31.2. The summed E-state index contributed by atoms with van der Waals surface area (Å²) in [5.41, 5.74) is 0.301. The van der Waals surface area contributed by atoms with E-state index in [1.807, 2.05) is 0 Å². The smallest absolute Gasteiger partial charge is 0.462 e. The molecule has 2 aromatic carbocycles. The van der Waals surface area contributed by atoms with Gasteiger partial charge in [0.25, 0.3) is 0 Å². The largest absolute Gasteiger partial charge is 0.491 e. The molecule has 0 saturated heterocycles. The van der Waals surface area contributed by atoms with Gasteiger partial charge < -0.3 is 19.5 Å². The summed E-state index contributed by atoms with van der Waals surface area (Å²) in [7, 11) is -1.72. The number of hydrogen-bond acceptors (Lipinski definition) is 10. The molecule has 4 aromatic rings. The fourth-order valence-corrected chi connectivity index (χ4v) is 4.56. The van der Waals surface area contributed by atoms with Gasteiger partial charge in [-0.2, -0.15) is 0 Å². The van der Waals surface area contributed by atoms with Gasteiger partial charge in [0.2, 0.25) is 0 Å². The third-order valence-corrected chi connectivity index (χ3v) is 6.69. The average molecular weight is 627 g/mol. The van der Waals surface area contributed by atoms with Crippen LogP contribution in [0.5, 0.6) is 0 Å². The van der Waals surface area contributed by atoms with Gasteiger partial charge in [-0.3, -0.25) is 0 Å². The topological polar surface area (TPSA) is 119 Å². The zero-order valence-corrected chi connectivity index (χ0v) is 23.4. The first-order chi connectivity index (χ1) is 18.2. The molecule has 0 saturated carbocycles. The highest BCUT2D eigenvalue weighted by atomic mass is 79.9. The number of ether oxygens (including phenoxy) is 2. The van der Waals surface area contributed by atoms with Crippen molar-refractivity contribution < 1.29 is 37.9 Å². The fraction of sp³-hybridized carbons (Fsp3) is 0.167. The fourth-order valence-electron chi connectivity index (χ4n) is 2.56. The van der Waals surface area contributed by atoms with Gasteiger partial charge in [-0.25, -0.2) is 28.3 Å². The lowest BCUT2D eigenvalue weighted by molar-refractivity contribution is 0.0522. The van der Waals surface area contributed by atoms with E-state index in [9.17, 15) is 18.4 Å². The van der Waals surface area contributed by atoms with E-state index < -0.39 is 18.9 Å². The Kier molecular flexibility index (Phi) is 13.2. The standard InChI is InChI=1S/C12H10FNO2S.C6H6BFO2.C6H6BrNO2S/c1-2-16-12(15)10-7-14-11(17-10)8-5-3-4-6-9(8)13;8-6-4-2-1-3-5(6)7(9)10;1-2-10-5(9)4-3-8-6(7)11-4/h3-7H,2H2,1H3;1-4,9-10H;3H,2H2,1H3. The summed E-state index contributed by atoms with van der Waals surface area (Å²) in [6.07, 6.45) is 2.90. The normalized spacial score (nSPS) is 9.87. The maximum atomic E-state index is 13.5. The molecule has 0 aliphatic heterocycles. The molecule has 0 aliphatic rings. The molecule has 2 N–H and O–H groups in total. The first-order valence-electron chi connectivity index (χ1n) is 10.9. The van der Waals surface area contributed by atoms with Gasteiger partial charge in [-0.15, -0.1) is 22.7 Å². The minimum Gasteiger partial charge on any atom is -0.462 e. The van der Waals surface area contributed by atoms with Gasteiger partial charge in [0.05, 0.1) is 25.6 Å². The molecule has 38 heavy (non-hydrogen) atoms. The molecular weight excluding hydrogens is 605 g/mol. The average Bonchev–Trinajstić information content (AvgIpc) is 3.55. The number of rotatable bonds is 6. The van der Waals surface area contributed by atoms with Crippen molar-refractivity contribution in [1.29, 1.82) is 0 Å².